The molecule has 0 rings (SSSR count). The molecule has 0 bridgehead atoms. The molecule has 0 aromatic carbocycles. The number of rotatable bonds is 16. The SMILES string of the molecule is CCCCCCCCCCC(COCC(C)O)OCC(C)O. The monoisotopic (exact) mass is 318 g/mol. The summed E-state index contributed by atoms with van der Waals surface area (Å²) in [4.78, 5) is 0. The molecule has 0 aliphatic carbocycles. The first-order valence-corrected chi connectivity index (χ1v) is 9.11. The van der Waals surface area contributed by atoms with E-state index >= 15 is 0 Å². The third kappa shape index (κ3) is 16.2. The maximum Gasteiger partial charge on any atom is 0.0809 e. The summed E-state index contributed by atoms with van der Waals surface area (Å²) in [6.07, 6.45) is 10.5. The van der Waals surface area contributed by atoms with Crippen LogP contribution in [0.25, 0.3) is 0 Å². The van der Waals surface area contributed by atoms with Crippen molar-refractivity contribution < 1.29 is 19.7 Å². The van der Waals surface area contributed by atoms with Crippen molar-refractivity contribution in [2.24, 2.45) is 0 Å². The summed E-state index contributed by atoms with van der Waals surface area (Å²) in [5, 5.41) is 18.5. The van der Waals surface area contributed by atoms with Crippen LogP contribution in [0, 0.1) is 0 Å². The molecule has 3 atom stereocenters. The average molecular weight is 318 g/mol. The molecule has 4 heteroatoms. The van der Waals surface area contributed by atoms with Crippen LogP contribution in [0.2, 0.25) is 0 Å². The molecule has 0 aliphatic rings. The van der Waals surface area contributed by atoms with Crippen LogP contribution in [0.5, 0.6) is 0 Å². The van der Waals surface area contributed by atoms with Gasteiger partial charge in [0.25, 0.3) is 0 Å². The van der Waals surface area contributed by atoms with Crippen molar-refractivity contribution in [1.29, 1.82) is 0 Å². The summed E-state index contributed by atoms with van der Waals surface area (Å²) in [5.74, 6) is 0. The van der Waals surface area contributed by atoms with Gasteiger partial charge in [0.1, 0.15) is 0 Å². The molecule has 4 nitrogen and oxygen atoms in total. The third-order valence-electron chi connectivity index (χ3n) is 3.62. The lowest BCUT2D eigenvalue weighted by molar-refractivity contribution is -0.0601. The van der Waals surface area contributed by atoms with Crippen LogP contribution < -0.4 is 0 Å². The highest BCUT2D eigenvalue weighted by atomic mass is 16.5. The van der Waals surface area contributed by atoms with Crippen LogP contribution in [0.3, 0.4) is 0 Å². The van der Waals surface area contributed by atoms with Gasteiger partial charge in [-0.05, 0) is 20.3 Å². The third-order valence-corrected chi connectivity index (χ3v) is 3.62. The highest BCUT2D eigenvalue weighted by Gasteiger charge is 2.11. The van der Waals surface area contributed by atoms with E-state index in [9.17, 15) is 10.2 Å². The van der Waals surface area contributed by atoms with Crippen molar-refractivity contribution in [3.8, 4) is 0 Å². The van der Waals surface area contributed by atoms with E-state index in [2.05, 4.69) is 6.92 Å². The lowest BCUT2D eigenvalue weighted by Gasteiger charge is -2.19. The summed E-state index contributed by atoms with van der Waals surface area (Å²) in [6, 6.07) is 0. The van der Waals surface area contributed by atoms with Crippen molar-refractivity contribution in [2.45, 2.75) is 96.9 Å². The minimum absolute atomic E-state index is 0.0217. The van der Waals surface area contributed by atoms with E-state index in [-0.39, 0.29) is 6.10 Å². The zero-order valence-corrected chi connectivity index (χ0v) is 14.9. The first-order valence-electron chi connectivity index (χ1n) is 9.11. The maximum atomic E-state index is 9.32. The van der Waals surface area contributed by atoms with E-state index in [4.69, 9.17) is 9.47 Å². The van der Waals surface area contributed by atoms with E-state index in [0.717, 1.165) is 12.8 Å². The Morgan fingerprint density at radius 3 is 1.82 bits per heavy atom. The normalized spacial score (nSPS) is 15.7. The molecule has 2 N–H and O–H groups in total. The number of aliphatic hydroxyl groups excluding tert-OH is 2. The molecule has 0 aromatic heterocycles. The zero-order chi connectivity index (χ0) is 16.6. The van der Waals surface area contributed by atoms with Gasteiger partial charge in [0.2, 0.25) is 0 Å². The Bertz CT molecular complexity index is 219. The quantitative estimate of drug-likeness (QED) is 0.426. The van der Waals surface area contributed by atoms with Gasteiger partial charge < -0.3 is 19.7 Å². The predicted molar refractivity (Wildman–Crippen MR) is 91.1 cm³/mol. The van der Waals surface area contributed by atoms with Crippen molar-refractivity contribution in [1.82, 2.24) is 0 Å². The fourth-order valence-corrected chi connectivity index (χ4v) is 2.37. The molecule has 3 unspecified atom stereocenters. The summed E-state index contributed by atoms with van der Waals surface area (Å²) < 4.78 is 11.1. The minimum atomic E-state index is -0.446. The second-order valence-corrected chi connectivity index (χ2v) is 6.45. The molecule has 0 saturated heterocycles. The molecule has 0 radical (unpaired) electrons. The van der Waals surface area contributed by atoms with E-state index in [1.54, 1.807) is 13.8 Å². The van der Waals surface area contributed by atoms with E-state index in [1.807, 2.05) is 0 Å². The van der Waals surface area contributed by atoms with Gasteiger partial charge in [0, 0.05) is 0 Å². The first kappa shape index (κ1) is 21.8. The maximum absolute atomic E-state index is 9.32. The van der Waals surface area contributed by atoms with Gasteiger partial charge in [0.15, 0.2) is 0 Å². The average Bonchev–Trinajstić information content (AvgIpc) is 2.46. The molecule has 0 spiro atoms. The second-order valence-electron chi connectivity index (χ2n) is 6.45. The summed E-state index contributed by atoms with van der Waals surface area (Å²) in [6.45, 7) is 6.86. The van der Waals surface area contributed by atoms with E-state index in [0.29, 0.717) is 19.8 Å². The van der Waals surface area contributed by atoms with E-state index in [1.165, 1.54) is 44.9 Å². The Morgan fingerprint density at radius 2 is 1.27 bits per heavy atom. The number of ether oxygens (including phenoxy) is 2. The molecule has 0 amide bonds. The second kappa shape index (κ2) is 15.7. The van der Waals surface area contributed by atoms with Gasteiger partial charge in [-0.3, -0.25) is 0 Å². The van der Waals surface area contributed by atoms with Crippen LogP contribution in [0.1, 0.15) is 78.6 Å². The van der Waals surface area contributed by atoms with E-state index < -0.39 is 12.2 Å². The zero-order valence-electron chi connectivity index (χ0n) is 14.9. The minimum Gasteiger partial charge on any atom is -0.391 e. The molecule has 134 valence electrons. The Labute approximate surface area is 137 Å². The Kier molecular flexibility index (Phi) is 15.6. The topological polar surface area (TPSA) is 58.9 Å². The highest BCUT2D eigenvalue weighted by molar-refractivity contribution is 4.60. The van der Waals surface area contributed by atoms with Crippen molar-refractivity contribution in [2.75, 3.05) is 19.8 Å². The molecule has 0 fully saturated rings. The molecule has 0 heterocycles. The van der Waals surface area contributed by atoms with Crippen LogP contribution in [-0.4, -0.2) is 48.3 Å². The Morgan fingerprint density at radius 1 is 0.727 bits per heavy atom. The Hall–Kier alpha value is -0.160. The number of hydrogen-bond acceptors (Lipinski definition) is 4. The van der Waals surface area contributed by atoms with Gasteiger partial charge in [-0.2, -0.15) is 0 Å². The van der Waals surface area contributed by atoms with Crippen molar-refractivity contribution in [3.63, 3.8) is 0 Å². The number of hydrogen-bond donors (Lipinski definition) is 2. The van der Waals surface area contributed by atoms with Crippen molar-refractivity contribution >= 4 is 0 Å². The summed E-state index contributed by atoms with van der Waals surface area (Å²) in [7, 11) is 0. The predicted octanol–water partition coefficient (Wildman–Crippen LogP) is 3.68. The lowest BCUT2D eigenvalue weighted by atomic mass is 10.1. The van der Waals surface area contributed by atoms with Gasteiger partial charge in [-0.15, -0.1) is 0 Å². The molecular formula is C18H38O4. The van der Waals surface area contributed by atoms with Crippen LogP contribution in [0.4, 0.5) is 0 Å². The van der Waals surface area contributed by atoms with Gasteiger partial charge in [0.05, 0.1) is 38.1 Å². The summed E-state index contributed by atoms with van der Waals surface area (Å²) in [5.41, 5.74) is 0. The molecule has 0 aromatic rings. The van der Waals surface area contributed by atoms with Gasteiger partial charge >= 0.3 is 0 Å². The Balaban J connectivity index is 3.68. The summed E-state index contributed by atoms with van der Waals surface area (Å²) >= 11 is 0. The van der Waals surface area contributed by atoms with Crippen LogP contribution in [-0.2, 0) is 9.47 Å². The van der Waals surface area contributed by atoms with Crippen LogP contribution >= 0.6 is 0 Å². The van der Waals surface area contributed by atoms with Gasteiger partial charge in [-0.25, -0.2) is 0 Å². The fourth-order valence-electron chi connectivity index (χ4n) is 2.37. The molecule has 0 saturated carbocycles. The van der Waals surface area contributed by atoms with Crippen molar-refractivity contribution in [3.05, 3.63) is 0 Å². The number of aliphatic hydroxyl groups is 2. The van der Waals surface area contributed by atoms with Crippen LogP contribution in [0.15, 0.2) is 0 Å². The smallest absolute Gasteiger partial charge is 0.0809 e. The standard InChI is InChI=1S/C18H38O4/c1-4-5-6-7-8-9-10-11-12-18(22-14-17(3)20)15-21-13-16(2)19/h16-20H,4-15H2,1-3H3. The molecule has 22 heavy (non-hydrogen) atoms. The first-order chi connectivity index (χ1) is 10.6. The van der Waals surface area contributed by atoms with Gasteiger partial charge in [-0.1, -0.05) is 58.3 Å². The highest BCUT2D eigenvalue weighted by Crippen LogP contribution is 2.12. The fraction of sp³-hybridized carbons (Fsp3) is 1.00. The molecular weight excluding hydrogens is 280 g/mol. The molecule has 0 aliphatic heterocycles. The lowest BCUT2D eigenvalue weighted by Crippen LogP contribution is -2.26. The number of unbranched alkanes of at least 4 members (excludes halogenated alkanes) is 7. The largest absolute Gasteiger partial charge is 0.391 e.